The second kappa shape index (κ2) is 3.88. The quantitative estimate of drug-likeness (QED) is 0.747. The number of rotatable bonds is 2. The lowest BCUT2D eigenvalue weighted by atomic mass is 9.97. The van der Waals surface area contributed by atoms with Crippen LogP contribution in [0.25, 0.3) is 0 Å². The molecule has 0 saturated carbocycles. The number of hydrogen-bond acceptors (Lipinski definition) is 3. The molecule has 0 bridgehead atoms. The molecule has 1 aliphatic rings. The summed E-state index contributed by atoms with van der Waals surface area (Å²) in [6.45, 7) is 1.97. The predicted octanol–water partition coefficient (Wildman–Crippen LogP) is 1.48. The Balaban J connectivity index is 2.29. The van der Waals surface area contributed by atoms with Gasteiger partial charge in [0, 0.05) is 18.0 Å². The van der Waals surface area contributed by atoms with E-state index in [-0.39, 0.29) is 0 Å². The van der Waals surface area contributed by atoms with Gasteiger partial charge in [-0.2, -0.15) is 0 Å². The summed E-state index contributed by atoms with van der Waals surface area (Å²) in [5.74, 6) is 1.61. The maximum atomic E-state index is 9.71. The lowest BCUT2D eigenvalue weighted by Crippen LogP contribution is -2.08. The van der Waals surface area contributed by atoms with Gasteiger partial charge in [-0.25, -0.2) is 0 Å². The molecule has 1 aromatic rings. The van der Waals surface area contributed by atoms with Gasteiger partial charge in [0.05, 0.1) is 7.11 Å². The van der Waals surface area contributed by atoms with Gasteiger partial charge in [0.2, 0.25) is 0 Å². The molecular weight excluding hydrogens is 178 g/mol. The summed E-state index contributed by atoms with van der Waals surface area (Å²) < 4.78 is 5.14. The fourth-order valence-electron chi connectivity index (χ4n) is 1.91. The maximum absolute atomic E-state index is 9.71. The molecule has 3 heteroatoms. The van der Waals surface area contributed by atoms with E-state index in [2.05, 4.69) is 5.32 Å². The third-order valence-electron chi connectivity index (χ3n) is 2.73. The Kier molecular flexibility index (Phi) is 2.59. The highest BCUT2D eigenvalue weighted by atomic mass is 16.5. The van der Waals surface area contributed by atoms with Gasteiger partial charge in [-0.1, -0.05) is 0 Å². The van der Waals surface area contributed by atoms with Crippen molar-refractivity contribution in [1.29, 1.82) is 0 Å². The predicted molar refractivity (Wildman–Crippen MR) is 54.9 cm³/mol. The highest BCUT2D eigenvalue weighted by Gasteiger charge is 2.19. The second-order valence-corrected chi connectivity index (χ2v) is 3.61. The van der Waals surface area contributed by atoms with Gasteiger partial charge in [0.25, 0.3) is 0 Å². The lowest BCUT2D eigenvalue weighted by molar-refractivity contribution is 0.409. The summed E-state index contributed by atoms with van der Waals surface area (Å²) in [5.41, 5.74) is 0.995. The number of nitrogens with one attached hydrogen (secondary N) is 1. The zero-order chi connectivity index (χ0) is 9.97. The Labute approximate surface area is 83.7 Å². The molecule has 2 rings (SSSR count). The summed E-state index contributed by atoms with van der Waals surface area (Å²) in [4.78, 5) is 0. The van der Waals surface area contributed by atoms with Crippen LogP contribution in [0.3, 0.4) is 0 Å². The highest BCUT2D eigenvalue weighted by molar-refractivity contribution is 5.42. The van der Waals surface area contributed by atoms with E-state index in [1.165, 1.54) is 0 Å². The van der Waals surface area contributed by atoms with Gasteiger partial charge >= 0.3 is 0 Å². The standard InChI is InChI=1S/C11H15NO2/c1-14-9-2-3-11(13)10(6-9)8-4-5-12-7-8/h2-3,6,8,12-13H,4-5,7H2,1H3/t8-/m1/s1. The molecule has 3 nitrogen and oxygen atoms in total. The Morgan fingerprint density at radius 3 is 3.00 bits per heavy atom. The zero-order valence-electron chi connectivity index (χ0n) is 8.29. The van der Waals surface area contributed by atoms with E-state index in [9.17, 15) is 5.11 Å². The van der Waals surface area contributed by atoms with Crippen LogP contribution >= 0.6 is 0 Å². The van der Waals surface area contributed by atoms with E-state index in [0.29, 0.717) is 11.7 Å². The number of ether oxygens (including phenoxy) is 1. The van der Waals surface area contributed by atoms with Gasteiger partial charge in [-0.05, 0) is 31.2 Å². The SMILES string of the molecule is COc1ccc(O)c([C@@H]2CCNC2)c1. The molecule has 14 heavy (non-hydrogen) atoms. The third kappa shape index (κ3) is 1.68. The zero-order valence-corrected chi connectivity index (χ0v) is 8.29. The van der Waals surface area contributed by atoms with Crippen molar-refractivity contribution in [1.82, 2.24) is 5.32 Å². The normalized spacial score (nSPS) is 21.1. The molecule has 0 aliphatic carbocycles. The van der Waals surface area contributed by atoms with Crippen molar-refractivity contribution in [3.05, 3.63) is 23.8 Å². The minimum atomic E-state index is 0.375. The van der Waals surface area contributed by atoms with Crippen molar-refractivity contribution >= 4 is 0 Å². The van der Waals surface area contributed by atoms with Gasteiger partial charge < -0.3 is 15.2 Å². The van der Waals surface area contributed by atoms with Crippen molar-refractivity contribution in [2.75, 3.05) is 20.2 Å². The molecule has 1 heterocycles. The number of benzene rings is 1. The average Bonchev–Trinajstić information content (AvgIpc) is 2.71. The summed E-state index contributed by atoms with van der Waals surface area (Å²) in [7, 11) is 1.64. The number of phenols is 1. The fourth-order valence-corrected chi connectivity index (χ4v) is 1.91. The Morgan fingerprint density at radius 1 is 1.50 bits per heavy atom. The van der Waals surface area contributed by atoms with Crippen molar-refractivity contribution in [2.24, 2.45) is 0 Å². The minimum absolute atomic E-state index is 0.375. The van der Waals surface area contributed by atoms with E-state index >= 15 is 0 Å². The highest BCUT2D eigenvalue weighted by Crippen LogP contribution is 2.32. The molecule has 0 spiro atoms. The Morgan fingerprint density at radius 2 is 2.36 bits per heavy atom. The number of methoxy groups -OCH3 is 1. The summed E-state index contributed by atoms with van der Waals surface area (Å²) in [6, 6.07) is 5.40. The van der Waals surface area contributed by atoms with E-state index in [4.69, 9.17) is 4.74 Å². The van der Waals surface area contributed by atoms with Crippen LogP contribution in [-0.4, -0.2) is 25.3 Å². The molecule has 1 saturated heterocycles. The molecule has 0 aromatic heterocycles. The first-order chi connectivity index (χ1) is 6.81. The molecule has 1 fully saturated rings. The van der Waals surface area contributed by atoms with Crippen LogP contribution in [0.4, 0.5) is 0 Å². The molecule has 0 radical (unpaired) electrons. The van der Waals surface area contributed by atoms with Crippen LogP contribution in [0.5, 0.6) is 11.5 Å². The summed E-state index contributed by atoms with van der Waals surface area (Å²) in [6.07, 6.45) is 1.08. The van der Waals surface area contributed by atoms with Gasteiger partial charge in [0.15, 0.2) is 0 Å². The van der Waals surface area contributed by atoms with Crippen LogP contribution < -0.4 is 10.1 Å². The fraction of sp³-hybridized carbons (Fsp3) is 0.455. The average molecular weight is 193 g/mol. The van der Waals surface area contributed by atoms with Gasteiger partial charge in [-0.3, -0.25) is 0 Å². The topological polar surface area (TPSA) is 41.5 Å². The van der Waals surface area contributed by atoms with E-state index in [0.717, 1.165) is 30.8 Å². The first-order valence-electron chi connectivity index (χ1n) is 4.89. The van der Waals surface area contributed by atoms with Crippen molar-refractivity contribution in [2.45, 2.75) is 12.3 Å². The molecule has 1 atom stereocenters. The van der Waals surface area contributed by atoms with Crippen molar-refractivity contribution in [3.63, 3.8) is 0 Å². The molecule has 2 N–H and O–H groups in total. The van der Waals surface area contributed by atoms with Crippen LogP contribution in [0.15, 0.2) is 18.2 Å². The van der Waals surface area contributed by atoms with Crippen LogP contribution in [0.1, 0.15) is 17.9 Å². The first kappa shape index (κ1) is 9.34. The Bertz CT molecular complexity index is 319. The van der Waals surface area contributed by atoms with Crippen LogP contribution in [0, 0.1) is 0 Å². The monoisotopic (exact) mass is 193 g/mol. The first-order valence-corrected chi connectivity index (χ1v) is 4.89. The third-order valence-corrected chi connectivity index (χ3v) is 2.73. The molecule has 0 unspecified atom stereocenters. The van der Waals surface area contributed by atoms with Crippen molar-refractivity contribution in [3.8, 4) is 11.5 Å². The maximum Gasteiger partial charge on any atom is 0.119 e. The minimum Gasteiger partial charge on any atom is -0.508 e. The summed E-state index contributed by atoms with van der Waals surface area (Å²) in [5, 5.41) is 13.0. The van der Waals surface area contributed by atoms with E-state index in [1.807, 2.05) is 6.07 Å². The second-order valence-electron chi connectivity index (χ2n) is 3.61. The molecule has 76 valence electrons. The number of phenolic OH excluding ortho intramolecular Hbond substituents is 1. The molecule has 1 aliphatic heterocycles. The number of hydrogen-bond donors (Lipinski definition) is 2. The van der Waals surface area contributed by atoms with Crippen LogP contribution in [0.2, 0.25) is 0 Å². The Hall–Kier alpha value is -1.22. The largest absolute Gasteiger partial charge is 0.508 e. The van der Waals surface area contributed by atoms with Crippen molar-refractivity contribution < 1.29 is 9.84 Å². The van der Waals surface area contributed by atoms with Gasteiger partial charge in [-0.15, -0.1) is 0 Å². The van der Waals surface area contributed by atoms with E-state index < -0.39 is 0 Å². The van der Waals surface area contributed by atoms with Gasteiger partial charge in [0.1, 0.15) is 11.5 Å². The molecule has 1 aromatic carbocycles. The molecular formula is C11H15NO2. The smallest absolute Gasteiger partial charge is 0.119 e. The van der Waals surface area contributed by atoms with E-state index in [1.54, 1.807) is 19.2 Å². The molecule has 0 amide bonds. The summed E-state index contributed by atoms with van der Waals surface area (Å²) >= 11 is 0. The lowest BCUT2D eigenvalue weighted by Gasteiger charge is -2.12. The number of aromatic hydroxyl groups is 1. The van der Waals surface area contributed by atoms with Crippen LogP contribution in [-0.2, 0) is 0 Å².